The van der Waals surface area contributed by atoms with Gasteiger partial charge in [0.1, 0.15) is 0 Å². The van der Waals surface area contributed by atoms with E-state index in [0.29, 0.717) is 5.92 Å². The fraction of sp³-hybridized carbons (Fsp3) is 0.812. The number of rotatable bonds is 4. The van der Waals surface area contributed by atoms with Gasteiger partial charge in [-0.05, 0) is 32.4 Å². The number of nitrogens with zero attached hydrogens (tertiary/aromatic N) is 3. The van der Waals surface area contributed by atoms with Gasteiger partial charge in [0.15, 0.2) is 0 Å². The molecule has 1 fully saturated rings. The standard InChI is InChI=1S/C14H27N3.C2H6/c1-12(2)14(4)15-10-13(3)11-17-8-6-16(5)7-9-17;1-2/h10,12H,6-9,11H2,1-5H3;1-2H3/b13-10+,15-14?;. The van der Waals surface area contributed by atoms with Crippen molar-refractivity contribution in [1.29, 1.82) is 0 Å². The van der Waals surface area contributed by atoms with E-state index in [4.69, 9.17) is 0 Å². The molecular weight excluding hydrogens is 234 g/mol. The molecule has 112 valence electrons. The highest BCUT2D eigenvalue weighted by atomic mass is 15.2. The largest absolute Gasteiger partial charge is 0.304 e. The molecule has 0 aromatic carbocycles. The smallest absolute Gasteiger partial charge is 0.0269 e. The van der Waals surface area contributed by atoms with Crippen molar-refractivity contribution in [2.24, 2.45) is 10.9 Å². The van der Waals surface area contributed by atoms with E-state index in [9.17, 15) is 0 Å². The predicted molar refractivity (Wildman–Crippen MR) is 87.0 cm³/mol. The van der Waals surface area contributed by atoms with Gasteiger partial charge in [-0.15, -0.1) is 0 Å². The number of likely N-dealkylation sites (N-methyl/N-ethyl adjacent to an activating group) is 1. The van der Waals surface area contributed by atoms with E-state index in [1.165, 1.54) is 37.5 Å². The first-order chi connectivity index (χ1) is 8.99. The number of aliphatic imine (C=N–C) groups is 1. The SMILES string of the molecule is CC.CC(=N/C=C(\C)CN1CCN(C)CC1)C(C)C. The van der Waals surface area contributed by atoms with Gasteiger partial charge >= 0.3 is 0 Å². The normalized spacial score (nSPS) is 19.4. The van der Waals surface area contributed by atoms with Crippen LogP contribution in [0.25, 0.3) is 0 Å². The average Bonchev–Trinajstić information content (AvgIpc) is 2.41. The molecule has 0 radical (unpaired) electrons. The number of hydrogen-bond acceptors (Lipinski definition) is 3. The molecule has 19 heavy (non-hydrogen) atoms. The van der Waals surface area contributed by atoms with Gasteiger partial charge in [0.25, 0.3) is 0 Å². The summed E-state index contributed by atoms with van der Waals surface area (Å²) in [5, 5.41) is 0. The summed E-state index contributed by atoms with van der Waals surface area (Å²) in [5.41, 5.74) is 2.57. The molecule has 1 aliphatic heterocycles. The molecular formula is C16H33N3. The fourth-order valence-electron chi connectivity index (χ4n) is 1.76. The Kier molecular flexibility index (Phi) is 9.80. The van der Waals surface area contributed by atoms with Crippen molar-refractivity contribution in [3.05, 3.63) is 11.8 Å². The van der Waals surface area contributed by atoms with Crippen LogP contribution in [0.3, 0.4) is 0 Å². The Morgan fingerprint density at radius 1 is 1.11 bits per heavy atom. The highest BCUT2D eigenvalue weighted by molar-refractivity contribution is 5.84. The third-order valence-corrected chi connectivity index (χ3v) is 3.39. The zero-order chi connectivity index (χ0) is 14.8. The second kappa shape index (κ2) is 10.2. The van der Waals surface area contributed by atoms with Gasteiger partial charge in [0, 0.05) is 44.6 Å². The van der Waals surface area contributed by atoms with Crippen LogP contribution in [0.15, 0.2) is 16.8 Å². The van der Waals surface area contributed by atoms with Gasteiger partial charge in [0.05, 0.1) is 0 Å². The third-order valence-electron chi connectivity index (χ3n) is 3.39. The first-order valence-corrected chi connectivity index (χ1v) is 7.60. The average molecular weight is 267 g/mol. The Morgan fingerprint density at radius 2 is 1.63 bits per heavy atom. The molecule has 0 amide bonds. The molecule has 0 unspecified atom stereocenters. The van der Waals surface area contributed by atoms with Gasteiger partial charge in [0.2, 0.25) is 0 Å². The second-order valence-electron chi connectivity index (χ2n) is 5.48. The minimum atomic E-state index is 0.544. The van der Waals surface area contributed by atoms with Crippen LogP contribution in [0.1, 0.15) is 41.5 Å². The highest BCUT2D eigenvalue weighted by Gasteiger charge is 2.13. The Hall–Kier alpha value is -0.670. The lowest BCUT2D eigenvalue weighted by Crippen LogP contribution is -2.44. The van der Waals surface area contributed by atoms with Crippen LogP contribution in [0.4, 0.5) is 0 Å². The quantitative estimate of drug-likeness (QED) is 0.728. The summed E-state index contributed by atoms with van der Waals surface area (Å²) < 4.78 is 0. The van der Waals surface area contributed by atoms with Gasteiger partial charge in [-0.3, -0.25) is 9.89 Å². The fourth-order valence-corrected chi connectivity index (χ4v) is 1.76. The lowest BCUT2D eigenvalue weighted by atomic mass is 10.1. The summed E-state index contributed by atoms with van der Waals surface area (Å²) in [6, 6.07) is 0. The van der Waals surface area contributed by atoms with Crippen LogP contribution in [0, 0.1) is 5.92 Å². The summed E-state index contributed by atoms with van der Waals surface area (Å²) >= 11 is 0. The molecule has 0 aromatic heterocycles. The molecule has 0 saturated carbocycles. The van der Waals surface area contributed by atoms with E-state index in [-0.39, 0.29) is 0 Å². The van der Waals surface area contributed by atoms with Crippen LogP contribution in [0.2, 0.25) is 0 Å². The molecule has 0 aromatic rings. The Balaban J connectivity index is 0.00000154. The molecule has 1 heterocycles. The first-order valence-electron chi connectivity index (χ1n) is 7.60. The van der Waals surface area contributed by atoms with Gasteiger partial charge in [-0.2, -0.15) is 0 Å². The predicted octanol–water partition coefficient (Wildman–Crippen LogP) is 3.28. The Labute approximate surface area is 120 Å². The van der Waals surface area contributed by atoms with Gasteiger partial charge < -0.3 is 4.90 Å². The molecule has 1 rings (SSSR count). The zero-order valence-corrected chi connectivity index (χ0v) is 14.0. The summed E-state index contributed by atoms with van der Waals surface area (Å²) in [6.45, 7) is 18.4. The van der Waals surface area contributed by atoms with Crippen LogP contribution < -0.4 is 0 Å². The van der Waals surface area contributed by atoms with Gasteiger partial charge in [-0.25, -0.2) is 0 Å². The second-order valence-corrected chi connectivity index (χ2v) is 5.48. The molecule has 0 atom stereocenters. The van der Waals surface area contributed by atoms with E-state index in [2.05, 4.69) is 49.5 Å². The number of piperazine rings is 1. The monoisotopic (exact) mass is 267 g/mol. The van der Waals surface area contributed by atoms with E-state index >= 15 is 0 Å². The van der Waals surface area contributed by atoms with Crippen LogP contribution in [0.5, 0.6) is 0 Å². The highest BCUT2D eigenvalue weighted by Crippen LogP contribution is 2.05. The van der Waals surface area contributed by atoms with Crippen LogP contribution in [-0.2, 0) is 0 Å². The van der Waals surface area contributed by atoms with E-state index in [1.807, 2.05) is 20.0 Å². The van der Waals surface area contributed by atoms with Crippen molar-refractivity contribution in [1.82, 2.24) is 9.80 Å². The first kappa shape index (κ1) is 18.3. The maximum Gasteiger partial charge on any atom is 0.0269 e. The minimum Gasteiger partial charge on any atom is -0.304 e. The molecule has 0 aliphatic carbocycles. The molecule has 0 N–H and O–H groups in total. The van der Waals surface area contributed by atoms with Crippen molar-refractivity contribution < 1.29 is 0 Å². The Morgan fingerprint density at radius 3 is 2.11 bits per heavy atom. The summed E-state index contributed by atoms with van der Waals surface area (Å²) in [4.78, 5) is 9.41. The van der Waals surface area contributed by atoms with E-state index < -0.39 is 0 Å². The van der Waals surface area contributed by atoms with Crippen LogP contribution in [-0.4, -0.2) is 55.3 Å². The summed E-state index contributed by atoms with van der Waals surface area (Å²) in [5.74, 6) is 0.544. The van der Waals surface area contributed by atoms with Gasteiger partial charge in [-0.1, -0.05) is 27.7 Å². The number of hydrogen-bond donors (Lipinski definition) is 0. The minimum absolute atomic E-state index is 0.544. The molecule has 0 bridgehead atoms. The summed E-state index contributed by atoms with van der Waals surface area (Å²) in [7, 11) is 2.19. The van der Waals surface area contributed by atoms with Crippen molar-refractivity contribution in [3.8, 4) is 0 Å². The van der Waals surface area contributed by atoms with Crippen molar-refractivity contribution >= 4 is 5.71 Å². The molecule has 0 spiro atoms. The maximum atomic E-state index is 4.52. The van der Waals surface area contributed by atoms with E-state index in [1.54, 1.807) is 0 Å². The molecule has 1 saturated heterocycles. The third kappa shape index (κ3) is 8.17. The molecule has 3 nitrogen and oxygen atoms in total. The van der Waals surface area contributed by atoms with Crippen LogP contribution >= 0.6 is 0 Å². The molecule has 1 aliphatic rings. The Bertz CT molecular complexity index is 284. The lowest BCUT2D eigenvalue weighted by Gasteiger charge is -2.32. The van der Waals surface area contributed by atoms with Crippen molar-refractivity contribution in [3.63, 3.8) is 0 Å². The summed E-state index contributed by atoms with van der Waals surface area (Å²) in [6.07, 6.45) is 2.04. The lowest BCUT2D eigenvalue weighted by molar-refractivity contribution is 0.164. The van der Waals surface area contributed by atoms with Crippen molar-refractivity contribution in [2.45, 2.75) is 41.5 Å². The molecule has 3 heteroatoms. The van der Waals surface area contributed by atoms with Crippen molar-refractivity contribution in [2.75, 3.05) is 39.8 Å². The maximum absolute atomic E-state index is 4.52. The van der Waals surface area contributed by atoms with E-state index in [0.717, 1.165) is 6.54 Å². The topological polar surface area (TPSA) is 18.8 Å². The zero-order valence-electron chi connectivity index (χ0n) is 14.0.